The van der Waals surface area contributed by atoms with Crippen molar-refractivity contribution in [2.24, 2.45) is 11.1 Å². The van der Waals surface area contributed by atoms with Crippen molar-refractivity contribution in [3.63, 3.8) is 0 Å². The summed E-state index contributed by atoms with van der Waals surface area (Å²) in [5, 5.41) is 11.4. The van der Waals surface area contributed by atoms with Gasteiger partial charge in [0.2, 0.25) is 5.91 Å². The van der Waals surface area contributed by atoms with Gasteiger partial charge in [0.1, 0.15) is 6.04 Å². The Balaban J connectivity index is 4.59. The maximum absolute atomic E-state index is 11.5. The van der Waals surface area contributed by atoms with Crippen LogP contribution >= 0.6 is 0 Å². The lowest BCUT2D eigenvalue weighted by molar-refractivity contribution is -0.145. The standard InChI is InChI=1S/C11H20N2O3/c1-5-6-7(12)9(14)13-8(10(15)16)11(2,3)4/h5,7-8H,1,6,12H2,2-4H3,(H,13,14)(H,15,16). The van der Waals surface area contributed by atoms with Crippen LogP contribution < -0.4 is 11.1 Å². The van der Waals surface area contributed by atoms with Crippen molar-refractivity contribution in [1.29, 1.82) is 0 Å². The summed E-state index contributed by atoms with van der Waals surface area (Å²) in [6, 6.07) is -1.70. The minimum atomic E-state index is -1.06. The Morgan fingerprint density at radius 3 is 2.31 bits per heavy atom. The van der Waals surface area contributed by atoms with Crippen LogP contribution in [-0.2, 0) is 9.59 Å². The molecule has 0 aliphatic carbocycles. The first-order valence-electron chi connectivity index (χ1n) is 5.09. The molecule has 2 atom stereocenters. The smallest absolute Gasteiger partial charge is 0.326 e. The molecule has 4 N–H and O–H groups in total. The largest absolute Gasteiger partial charge is 0.480 e. The molecule has 0 heterocycles. The van der Waals surface area contributed by atoms with Gasteiger partial charge in [-0.05, 0) is 11.8 Å². The second kappa shape index (κ2) is 5.65. The van der Waals surface area contributed by atoms with Crippen LogP contribution in [0.4, 0.5) is 0 Å². The maximum Gasteiger partial charge on any atom is 0.326 e. The molecule has 5 nitrogen and oxygen atoms in total. The van der Waals surface area contributed by atoms with Crippen LogP contribution in [0.5, 0.6) is 0 Å². The number of carboxylic acid groups (broad SMARTS) is 1. The zero-order chi connectivity index (χ0) is 12.9. The van der Waals surface area contributed by atoms with E-state index in [4.69, 9.17) is 10.8 Å². The normalized spacial score (nSPS) is 15.0. The highest BCUT2D eigenvalue weighted by Gasteiger charge is 2.33. The van der Waals surface area contributed by atoms with Gasteiger partial charge in [-0.25, -0.2) is 4.79 Å². The highest BCUT2D eigenvalue weighted by atomic mass is 16.4. The molecule has 0 aromatic heterocycles. The molecule has 0 aliphatic heterocycles. The summed E-state index contributed by atoms with van der Waals surface area (Å²) < 4.78 is 0. The summed E-state index contributed by atoms with van der Waals surface area (Å²) in [5.74, 6) is -1.53. The molecule has 0 saturated carbocycles. The van der Waals surface area contributed by atoms with Crippen LogP contribution in [0.3, 0.4) is 0 Å². The van der Waals surface area contributed by atoms with E-state index in [0.29, 0.717) is 6.42 Å². The molecule has 16 heavy (non-hydrogen) atoms. The number of aliphatic carboxylic acids is 1. The third-order valence-electron chi connectivity index (χ3n) is 2.16. The molecule has 92 valence electrons. The Bertz CT molecular complexity index is 281. The lowest BCUT2D eigenvalue weighted by atomic mass is 9.86. The average molecular weight is 228 g/mol. The second-order valence-electron chi connectivity index (χ2n) is 4.78. The van der Waals surface area contributed by atoms with Crippen LogP contribution in [0.2, 0.25) is 0 Å². The van der Waals surface area contributed by atoms with Crippen molar-refractivity contribution in [1.82, 2.24) is 5.32 Å². The predicted molar refractivity (Wildman–Crippen MR) is 61.8 cm³/mol. The fourth-order valence-electron chi connectivity index (χ4n) is 1.18. The van der Waals surface area contributed by atoms with Gasteiger partial charge in [0.15, 0.2) is 0 Å². The van der Waals surface area contributed by atoms with Crippen molar-refractivity contribution < 1.29 is 14.7 Å². The monoisotopic (exact) mass is 228 g/mol. The number of hydrogen-bond donors (Lipinski definition) is 3. The number of carbonyl (C=O) groups is 2. The van der Waals surface area contributed by atoms with Crippen LogP contribution in [0.1, 0.15) is 27.2 Å². The van der Waals surface area contributed by atoms with Gasteiger partial charge in [0.05, 0.1) is 6.04 Å². The molecule has 2 unspecified atom stereocenters. The third kappa shape index (κ3) is 4.44. The highest BCUT2D eigenvalue weighted by molar-refractivity contribution is 5.87. The van der Waals surface area contributed by atoms with Gasteiger partial charge in [-0.2, -0.15) is 0 Å². The summed E-state index contributed by atoms with van der Waals surface area (Å²) in [4.78, 5) is 22.5. The molecule has 0 aliphatic rings. The van der Waals surface area contributed by atoms with Crippen LogP contribution in [-0.4, -0.2) is 29.1 Å². The van der Waals surface area contributed by atoms with E-state index < -0.39 is 29.4 Å². The molecule has 5 heteroatoms. The van der Waals surface area contributed by atoms with E-state index in [9.17, 15) is 9.59 Å². The zero-order valence-corrected chi connectivity index (χ0v) is 9.99. The number of rotatable bonds is 5. The fraction of sp³-hybridized carbons (Fsp3) is 0.636. The summed E-state index contributed by atoms with van der Waals surface area (Å²) in [6.07, 6.45) is 1.85. The van der Waals surface area contributed by atoms with Gasteiger partial charge < -0.3 is 16.2 Å². The van der Waals surface area contributed by atoms with Gasteiger partial charge in [-0.3, -0.25) is 4.79 Å². The second-order valence-corrected chi connectivity index (χ2v) is 4.78. The van der Waals surface area contributed by atoms with E-state index in [1.807, 2.05) is 0 Å². The number of nitrogens with one attached hydrogen (secondary N) is 1. The lowest BCUT2D eigenvalue weighted by Crippen LogP contribution is -2.53. The Morgan fingerprint density at radius 2 is 2.00 bits per heavy atom. The Labute approximate surface area is 95.7 Å². The van der Waals surface area contributed by atoms with Gasteiger partial charge >= 0.3 is 5.97 Å². The average Bonchev–Trinajstić information content (AvgIpc) is 2.11. The van der Waals surface area contributed by atoms with Gasteiger partial charge in [-0.15, -0.1) is 6.58 Å². The molecule has 0 saturated heterocycles. The summed E-state index contributed by atoms with van der Waals surface area (Å²) in [6.45, 7) is 8.69. The van der Waals surface area contributed by atoms with Crippen LogP contribution in [0.25, 0.3) is 0 Å². The molecule has 1 amide bonds. The van der Waals surface area contributed by atoms with Crippen molar-refractivity contribution in [2.45, 2.75) is 39.3 Å². The van der Waals surface area contributed by atoms with E-state index in [1.165, 1.54) is 6.08 Å². The van der Waals surface area contributed by atoms with Gasteiger partial charge in [0.25, 0.3) is 0 Å². The summed E-state index contributed by atoms with van der Waals surface area (Å²) in [5.41, 5.74) is 4.98. The number of carbonyl (C=O) groups excluding carboxylic acids is 1. The maximum atomic E-state index is 11.5. The Morgan fingerprint density at radius 1 is 1.50 bits per heavy atom. The number of carboxylic acids is 1. The van der Waals surface area contributed by atoms with Crippen molar-refractivity contribution in [3.05, 3.63) is 12.7 Å². The number of amides is 1. The lowest BCUT2D eigenvalue weighted by Gasteiger charge is -2.28. The van der Waals surface area contributed by atoms with E-state index in [-0.39, 0.29) is 0 Å². The molecule has 0 bridgehead atoms. The van der Waals surface area contributed by atoms with Crippen LogP contribution in [0, 0.1) is 5.41 Å². The Hall–Kier alpha value is -1.36. The van der Waals surface area contributed by atoms with Gasteiger partial charge in [-0.1, -0.05) is 26.8 Å². The minimum Gasteiger partial charge on any atom is -0.480 e. The number of hydrogen-bond acceptors (Lipinski definition) is 3. The summed E-state index contributed by atoms with van der Waals surface area (Å²) >= 11 is 0. The molecule has 0 radical (unpaired) electrons. The van der Waals surface area contributed by atoms with Crippen molar-refractivity contribution >= 4 is 11.9 Å². The molecular formula is C11H20N2O3. The molecule has 0 aromatic carbocycles. The van der Waals surface area contributed by atoms with Gasteiger partial charge in [0, 0.05) is 0 Å². The topological polar surface area (TPSA) is 92.4 Å². The van der Waals surface area contributed by atoms with Crippen LogP contribution in [0.15, 0.2) is 12.7 Å². The number of nitrogens with two attached hydrogens (primary N) is 1. The first-order chi connectivity index (χ1) is 7.20. The molecule has 0 spiro atoms. The fourth-order valence-corrected chi connectivity index (χ4v) is 1.18. The zero-order valence-electron chi connectivity index (χ0n) is 9.99. The minimum absolute atomic E-state index is 0.322. The quantitative estimate of drug-likeness (QED) is 0.598. The molecule has 0 fully saturated rings. The third-order valence-corrected chi connectivity index (χ3v) is 2.16. The predicted octanol–water partition coefficient (Wildman–Crippen LogP) is 0.505. The molecule has 0 rings (SSSR count). The van der Waals surface area contributed by atoms with Crippen molar-refractivity contribution in [3.8, 4) is 0 Å². The van der Waals surface area contributed by atoms with E-state index in [1.54, 1.807) is 20.8 Å². The first kappa shape index (κ1) is 14.6. The van der Waals surface area contributed by atoms with E-state index >= 15 is 0 Å². The first-order valence-corrected chi connectivity index (χ1v) is 5.09. The Kier molecular flexibility index (Phi) is 5.17. The molecular weight excluding hydrogens is 208 g/mol. The summed E-state index contributed by atoms with van der Waals surface area (Å²) in [7, 11) is 0. The van der Waals surface area contributed by atoms with Crippen molar-refractivity contribution in [2.75, 3.05) is 0 Å². The van der Waals surface area contributed by atoms with E-state index in [2.05, 4.69) is 11.9 Å². The highest BCUT2D eigenvalue weighted by Crippen LogP contribution is 2.19. The SMILES string of the molecule is C=CCC(N)C(=O)NC(C(=O)O)C(C)(C)C. The molecule has 0 aromatic rings. The van der Waals surface area contributed by atoms with E-state index in [0.717, 1.165) is 0 Å².